The molecule has 0 aliphatic carbocycles. The van der Waals surface area contributed by atoms with Gasteiger partial charge in [0.2, 0.25) is 0 Å². The number of hydrogen-bond acceptors (Lipinski definition) is 5. The van der Waals surface area contributed by atoms with Gasteiger partial charge < -0.3 is 14.0 Å². The van der Waals surface area contributed by atoms with E-state index in [1.807, 2.05) is 37.5 Å². The molecule has 3 aromatic rings. The molecular weight excluding hydrogens is 354 g/mol. The van der Waals surface area contributed by atoms with E-state index in [1.165, 1.54) is 7.11 Å². The van der Waals surface area contributed by atoms with Crippen LogP contribution in [0.3, 0.4) is 0 Å². The van der Waals surface area contributed by atoms with Crippen LogP contribution >= 0.6 is 11.6 Å². The minimum absolute atomic E-state index is 0.0812. The Balaban J connectivity index is 1.98. The summed E-state index contributed by atoms with van der Waals surface area (Å²) >= 11 is 6.43. The van der Waals surface area contributed by atoms with Crippen molar-refractivity contribution in [1.29, 1.82) is 0 Å². The fourth-order valence-electron chi connectivity index (χ4n) is 2.69. The fraction of sp³-hybridized carbons (Fsp3) is 0.316. The summed E-state index contributed by atoms with van der Waals surface area (Å²) in [4.78, 5) is 20.7. The quantitative estimate of drug-likeness (QED) is 0.632. The summed E-state index contributed by atoms with van der Waals surface area (Å²) < 4.78 is 12.3. The molecule has 0 N–H and O–H groups in total. The highest BCUT2D eigenvalue weighted by atomic mass is 35.5. The highest BCUT2D eigenvalue weighted by Gasteiger charge is 2.15. The van der Waals surface area contributed by atoms with Gasteiger partial charge >= 0.3 is 5.97 Å². The smallest absolute Gasteiger partial charge is 0.356 e. The molecule has 0 fully saturated rings. The van der Waals surface area contributed by atoms with Crippen molar-refractivity contribution in [1.82, 2.24) is 14.5 Å². The van der Waals surface area contributed by atoms with Crippen LogP contribution in [0.2, 0.25) is 5.02 Å². The number of fused-ring (bicyclic) bond motifs is 1. The molecule has 6 nitrogen and oxygen atoms in total. The number of nitrogens with zero attached hydrogens (tertiary/aromatic N) is 3. The monoisotopic (exact) mass is 373 g/mol. The third-order valence-electron chi connectivity index (χ3n) is 3.90. The van der Waals surface area contributed by atoms with E-state index < -0.39 is 5.97 Å². The predicted molar refractivity (Wildman–Crippen MR) is 99.9 cm³/mol. The van der Waals surface area contributed by atoms with Gasteiger partial charge in [0.25, 0.3) is 0 Å². The lowest BCUT2D eigenvalue weighted by molar-refractivity contribution is 0.0594. The fourth-order valence-corrected chi connectivity index (χ4v) is 2.92. The number of ether oxygens (including phenoxy) is 2. The number of carbonyl (C=O) groups excluding carboxylic acids is 1. The van der Waals surface area contributed by atoms with E-state index in [9.17, 15) is 4.79 Å². The molecule has 7 heteroatoms. The number of pyridine rings is 1. The van der Waals surface area contributed by atoms with Crippen LogP contribution in [0.1, 0.15) is 35.7 Å². The molecule has 0 saturated carbocycles. The summed E-state index contributed by atoms with van der Waals surface area (Å²) in [6, 6.07) is 8.99. The first kappa shape index (κ1) is 18.2. The SMILES string of the molecule is COC(=O)c1ccc2nc(C)n(Cc3ccc(OC(C)C)cc3Cl)c2n1. The van der Waals surface area contributed by atoms with Crippen molar-refractivity contribution in [2.45, 2.75) is 33.4 Å². The first-order chi connectivity index (χ1) is 12.4. The Morgan fingerprint density at radius 1 is 1.23 bits per heavy atom. The van der Waals surface area contributed by atoms with Crippen LogP contribution in [0.15, 0.2) is 30.3 Å². The summed E-state index contributed by atoms with van der Waals surface area (Å²) in [7, 11) is 1.33. The molecule has 1 aromatic carbocycles. The third-order valence-corrected chi connectivity index (χ3v) is 4.25. The highest BCUT2D eigenvalue weighted by Crippen LogP contribution is 2.26. The summed E-state index contributed by atoms with van der Waals surface area (Å²) in [5.41, 5.74) is 2.48. The van der Waals surface area contributed by atoms with E-state index in [0.29, 0.717) is 22.7 Å². The van der Waals surface area contributed by atoms with Crippen LogP contribution in [-0.2, 0) is 11.3 Å². The van der Waals surface area contributed by atoms with Gasteiger partial charge in [-0.1, -0.05) is 17.7 Å². The average Bonchev–Trinajstić information content (AvgIpc) is 2.90. The lowest BCUT2D eigenvalue weighted by Gasteiger charge is -2.13. The second-order valence-electron chi connectivity index (χ2n) is 6.20. The Morgan fingerprint density at radius 3 is 2.65 bits per heavy atom. The Kier molecular flexibility index (Phi) is 5.13. The zero-order valence-electron chi connectivity index (χ0n) is 15.1. The Hall–Kier alpha value is -2.60. The lowest BCUT2D eigenvalue weighted by atomic mass is 10.2. The number of hydrogen-bond donors (Lipinski definition) is 0. The Bertz CT molecular complexity index is 966. The van der Waals surface area contributed by atoms with E-state index >= 15 is 0 Å². The molecule has 0 spiro atoms. The molecule has 3 rings (SSSR count). The summed E-state index contributed by atoms with van der Waals surface area (Å²) in [6.07, 6.45) is 0.0812. The van der Waals surface area contributed by atoms with Crippen molar-refractivity contribution < 1.29 is 14.3 Å². The maximum absolute atomic E-state index is 11.8. The van der Waals surface area contributed by atoms with E-state index in [4.69, 9.17) is 21.1 Å². The molecule has 0 atom stereocenters. The molecule has 0 unspecified atom stereocenters. The van der Waals surface area contributed by atoms with Gasteiger partial charge in [0.05, 0.1) is 19.8 Å². The highest BCUT2D eigenvalue weighted by molar-refractivity contribution is 6.31. The topological polar surface area (TPSA) is 66.2 Å². The Morgan fingerprint density at radius 2 is 2.00 bits per heavy atom. The first-order valence-electron chi connectivity index (χ1n) is 8.26. The second-order valence-corrected chi connectivity index (χ2v) is 6.60. The van der Waals surface area contributed by atoms with Crippen LogP contribution in [0, 0.1) is 6.92 Å². The normalized spacial score (nSPS) is 11.2. The number of halogens is 1. The van der Waals surface area contributed by atoms with Gasteiger partial charge in [0.15, 0.2) is 11.3 Å². The minimum atomic E-state index is -0.481. The van der Waals surface area contributed by atoms with E-state index in [1.54, 1.807) is 18.2 Å². The maximum Gasteiger partial charge on any atom is 0.356 e. The summed E-state index contributed by atoms with van der Waals surface area (Å²) in [6.45, 7) is 6.31. The average molecular weight is 374 g/mol. The van der Waals surface area contributed by atoms with E-state index in [0.717, 1.165) is 17.1 Å². The number of aryl methyl sites for hydroxylation is 1. The summed E-state index contributed by atoms with van der Waals surface area (Å²) in [5, 5.41) is 0.605. The molecule has 26 heavy (non-hydrogen) atoms. The standard InChI is InChI=1S/C19H20ClN3O3/c1-11(2)26-14-6-5-13(15(20)9-14)10-23-12(3)21-16-7-8-17(19(24)25-4)22-18(16)23/h5-9,11H,10H2,1-4H3. The van der Waals surface area contributed by atoms with Crippen LogP contribution in [0.25, 0.3) is 11.2 Å². The van der Waals surface area contributed by atoms with Gasteiger partial charge in [0, 0.05) is 5.02 Å². The van der Waals surface area contributed by atoms with Crippen LogP contribution in [-0.4, -0.2) is 33.7 Å². The zero-order chi connectivity index (χ0) is 18.8. The molecule has 0 aliphatic heterocycles. The maximum atomic E-state index is 11.8. The van der Waals surface area contributed by atoms with Crippen molar-refractivity contribution in [2.24, 2.45) is 0 Å². The van der Waals surface area contributed by atoms with Crippen LogP contribution in [0.4, 0.5) is 0 Å². The third kappa shape index (κ3) is 3.65. The molecule has 0 bridgehead atoms. The Labute approximate surface area is 156 Å². The zero-order valence-corrected chi connectivity index (χ0v) is 15.9. The van der Waals surface area contributed by atoms with E-state index in [2.05, 4.69) is 9.97 Å². The van der Waals surface area contributed by atoms with Gasteiger partial charge in [-0.2, -0.15) is 0 Å². The van der Waals surface area contributed by atoms with E-state index in [-0.39, 0.29) is 11.8 Å². The molecule has 0 radical (unpaired) electrons. The number of imidazole rings is 1. The molecule has 0 aliphatic rings. The number of carbonyl (C=O) groups is 1. The molecule has 0 saturated heterocycles. The molecule has 136 valence electrons. The minimum Gasteiger partial charge on any atom is -0.491 e. The van der Waals surface area contributed by atoms with Gasteiger partial charge in [-0.25, -0.2) is 14.8 Å². The largest absolute Gasteiger partial charge is 0.491 e. The number of methoxy groups -OCH3 is 1. The number of benzene rings is 1. The summed E-state index contributed by atoms with van der Waals surface area (Å²) in [5.74, 6) is 1.03. The van der Waals surface area contributed by atoms with Crippen molar-refractivity contribution >= 4 is 28.7 Å². The number of esters is 1. The van der Waals surface area contributed by atoms with Crippen molar-refractivity contribution in [3.05, 3.63) is 52.4 Å². The van der Waals surface area contributed by atoms with Crippen molar-refractivity contribution in [3.8, 4) is 5.75 Å². The molecule has 2 heterocycles. The molecular formula is C19H20ClN3O3. The number of aromatic nitrogens is 3. The van der Waals surface area contributed by atoms with Gasteiger partial charge in [-0.15, -0.1) is 0 Å². The van der Waals surface area contributed by atoms with Crippen molar-refractivity contribution in [3.63, 3.8) is 0 Å². The predicted octanol–water partition coefficient (Wildman–Crippen LogP) is 4.02. The van der Waals surface area contributed by atoms with Crippen LogP contribution < -0.4 is 4.74 Å². The van der Waals surface area contributed by atoms with Crippen molar-refractivity contribution in [2.75, 3.05) is 7.11 Å². The molecule has 0 amide bonds. The van der Waals surface area contributed by atoms with Crippen LogP contribution in [0.5, 0.6) is 5.75 Å². The van der Waals surface area contributed by atoms with Gasteiger partial charge in [-0.3, -0.25) is 0 Å². The van der Waals surface area contributed by atoms with Gasteiger partial charge in [-0.05, 0) is 50.6 Å². The van der Waals surface area contributed by atoms with Gasteiger partial charge in [0.1, 0.15) is 17.1 Å². The number of rotatable bonds is 5. The first-order valence-corrected chi connectivity index (χ1v) is 8.64. The second kappa shape index (κ2) is 7.33. The molecule has 2 aromatic heterocycles. The lowest BCUT2D eigenvalue weighted by Crippen LogP contribution is -2.08.